The number of aryl methyl sites for hydroxylation is 1. The predicted molar refractivity (Wildman–Crippen MR) is 80.6 cm³/mol. The SMILES string of the molecule is Cn1nccc1C(=O)N1CCN(c2ncccc2Cl)CC1. The lowest BCUT2D eigenvalue weighted by atomic mass is 10.2. The van der Waals surface area contributed by atoms with Gasteiger partial charge in [-0.05, 0) is 18.2 Å². The maximum atomic E-state index is 12.4. The van der Waals surface area contributed by atoms with Crippen LogP contribution in [0.5, 0.6) is 0 Å². The third-order valence-electron chi connectivity index (χ3n) is 3.65. The van der Waals surface area contributed by atoms with Gasteiger partial charge in [-0.2, -0.15) is 5.10 Å². The van der Waals surface area contributed by atoms with Crippen LogP contribution in [0.2, 0.25) is 5.02 Å². The molecule has 1 aliphatic heterocycles. The molecule has 2 aromatic heterocycles. The first kappa shape index (κ1) is 13.9. The highest BCUT2D eigenvalue weighted by Crippen LogP contribution is 2.23. The zero-order valence-electron chi connectivity index (χ0n) is 11.7. The Morgan fingerprint density at radius 1 is 1.19 bits per heavy atom. The second-order valence-electron chi connectivity index (χ2n) is 4.93. The lowest BCUT2D eigenvalue weighted by Gasteiger charge is -2.35. The molecule has 1 fully saturated rings. The normalized spacial score (nSPS) is 15.3. The summed E-state index contributed by atoms with van der Waals surface area (Å²) in [6.45, 7) is 2.74. The van der Waals surface area contributed by atoms with Crippen molar-refractivity contribution in [1.29, 1.82) is 0 Å². The van der Waals surface area contributed by atoms with E-state index in [1.165, 1.54) is 0 Å². The number of rotatable bonds is 2. The van der Waals surface area contributed by atoms with Crippen molar-refractivity contribution >= 4 is 23.3 Å². The first-order valence-electron chi connectivity index (χ1n) is 6.79. The van der Waals surface area contributed by atoms with E-state index in [4.69, 9.17) is 11.6 Å². The Balaban J connectivity index is 1.67. The number of piperazine rings is 1. The summed E-state index contributed by atoms with van der Waals surface area (Å²) >= 11 is 6.16. The summed E-state index contributed by atoms with van der Waals surface area (Å²) in [6, 6.07) is 5.38. The molecule has 0 aromatic carbocycles. The largest absolute Gasteiger partial charge is 0.352 e. The zero-order chi connectivity index (χ0) is 14.8. The molecule has 7 heteroatoms. The molecule has 1 saturated heterocycles. The maximum absolute atomic E-state index is 12.4. The van der Waals surface area contributed by atoms with Crippen LogP contribution < -0.4 is 4.90 Å². The summed E-state index contributed by atoms with van der Waals surface area (Å²) in [5.74, 6) is 0.800. The lowest BCUT2D eigenvalue weighted by Crippen LogP contribution is -2.49. The minimum Gasteiger partial charge on any atom is -0.352 e. The van der Waals surface area contributed by atoms with E-state index in [9.17, 15) is 4.79 Å². The van der Waals surface area contributed by atoms with Gasteiger partial charge in [-0.3, -0.25) is 9.48 Å². The highest BCUT2D eigenvalue weighted by molar-refractivity contribution is 6.32. The summed E-state index contributed by atoms with van der Waals surface area (Å²) in [5.41, 5.74) is 0.610. The molecule has 6 nitrogen and oxygen atoms in total. The molecule has 0 saturated carbocycles. The minimum absolute atomic E-state index is 0.0155. The standard InChI is InChI=1S/C14H16ClN5O/c1-18-12(4-6-17-18)14(21)20-9-7-19(8-10-20)13-11(15)3-2-5-16-13/h2-6H,7-10H2,1H3. The van der Waals surface area contributed by atoms with Gasteiger partial charge in [-0.1, -0.05) is 11.6 Å². The molecule has 0 bridgehead atoms. The van der Waals surface area contributed by atoms with E-state index in [1.54, 1.807) is 30.2 Å². The Labute approximate surface area is 127 Å². The van der Waals surface area contributed by atoms with Gasteiger partial charge in [0.15, 0.2) is 0 Å². The van der Waals surface area contributed by atoms with Gasteiger partial charge >= 0.3 is 0 Å². The van der Waals surface area contributed by atoms with Gasteiger partial charge in [0.25, 0.3) is 5.91 Å². The van der Waals surface area contributed by atoms with E-state index in [0.717, 1.165) is 18.9 Å². The molecule has 0 spiro atoms. The van der Waals surface area contributed by atoms with Crippen LogP contribution in [0.4, 0.5) is 5.82 Å². The maximum Gasteiger partial charge on any atom is 0.272 e. The van der Waals surface area contributed by atoms with Crippen LogP contribution in [0.15, 0.2) is 30.6 Å². The monoisotopic (exact) mass is 305 g/mol. The van der Waals surface area contributed by atoms with Gasteiger partial charge in [0.1, 0.15) is 11.5 Å². The van der Waals surface area contributed by atoms with Crippen molar-refractivity contribution in [1.82, 2.24) is 19.7 Å². The topological polar surface area (TPSA) is 54.3 Å². The first-order chi connectivity index (χ1) is 10.2. The van der Waals surface area contributed by atoms with Crippen molar-refractivity contribution in [3.63, 3.8) is 0 Å². The fourth-order valence-electron chi connectivity index (χ4n) is 2.48. The molecule has 2 aromatic rings. The number of nitrogens with zero attached hydrogens (tertiary/aromatic N) is 5. The number of hydrogen-bond acceptors (Lipinski definition) is 4. The van der Waals surface area contributed by atoms with Crippen molar-refractivity contribution in [3.05, 3.63) is 41.3 Å². The fraction of sp³-hybridized carbons (Fsp3) is 0.357. The van der Waals surface area contributed by atoms with Crippen molar-refractivity contribution in [2.45, 2.75) is 0 Å². The van der Waals surface area contributed by atoms with Crippen molar-refractivity contribution in [2.24, 2.45) is 7.05 Å². The summed E-state index contributed by atoms with van der Waals surface area (Å²) in [6.07, 6.45) is 3.37. The summed E-state index contributed by atoms with van der Waals surface area (Å²) in [4.78, 5) is 20.7. The number of carbonyl (C=O) groups is 1. The number of amides is 1. The number of aromatic nitrogens is 3. The van der Waals surface area contributed by atoms with E-state index in [-0.39, 0.29) is 5.91 Å². The minimum atomic E-state index is 0.0155. The molecule has 0 radical (unpaired) electrons. The summed E-state index contributed by atoms with van der Waals surface area (Å²) in [7, 11) is 1.77. The Hall–Kier alpha value is -2.08. The summed E-state index contributed by atoms with van der Waals surface area (Å²) < 4.78 is 1.60. The van der Waals surface area contributed by atoms with Crippen LogP contribution >= 0.6 is 11.6 Å². The van der Waals surface area contributed by atoms with Crippen LogP contribution in [0, 0.1) is 0 Å². The van der Waals surface area contributed by atoms with Crippen LogP contribution in [0.25, 0.3) is 0 Å². The smallest absolute Gasteiger partial charge is 0.272 e. The zero-order valence-corrected chi connectivity index (χ0v) is 12.5. The fourth-order valence-corrected chi connectivity index (χ4v) is 2.72. The van der Waals surface area contributed by atoms with Gasteiger partial charge in [0.05, 0.1) is 5.02 Å². The van der Waals surface area contributed by atoms with E-state index in [0.29, 0.717) is 23.8 Å². The quantitative estimate of drug-likeness (QED) is 0.842. The molecule has 110 valence electrons. The second kappa shape index (κ2) is 5.73. The van der Waals surface area contributed by atoms with Gasteiger partial charge < -0.3 is 9.80 Å². The Morgan fingerprint density at radius 2 is 1.95 bits per heavy atom. The second-order valence-corrected chi connectivity index (χ2v) is 5.34. The lowest BCUT2D eigenvalue weighted by molar-refractivity contribution is 0.0735. The van der Waals surface area contributed by atoms with Gasteiger partial charge in [-0.15, -0.1) is 0 Å². The van der Waals surface area contributed by atoms with E-state index in [1.807, 2.05) is 17.0 Å². The van der Waals surface area contributed by atoms with E-state index < -0.39 is 0 Å². The molecular weight excluding hydrogens is 290 g/mol. The molecule has 0 atom stereocenters. The molecule has 21 heavy (non-hydrogen) atoms. The molecule has 3 heterocycles. The van der Waals surface area contributed by atoms with Crippen LogP contribution in [-0.2, 0) is 7.05 Å². The number of anilines is 1. The van der Waals surface area contributed by atoms with Gasteiger partial charge in [0, 0.05) is 45.6 Å². The Morgan fingerprint density at radius 3 is 2.57 bits per heavy atom. The predicted octanol–water partition coefficient (Wildman–Crippen LogP) is 1.43. The third kappa shape index (κ3) is 2.71. The first-order valence-corrected chi connectivity index (χ1v) is 7.17. The van der Waals surface area contributed by atoms with Crippen molar-refractivity contribution < 1.29 is 4.79 Å². The molecule has 3 rings (SSSR count). The number of pyridine rings is 1. The van der Waals surface area contributed by atoms with Crippen LogP contribution in [-0.4, -0.2) is 51.8 Å². The van der Waals surface area contributed by atoms with Gasteiger partial charge in [0.2, 0.25) is 0 Å². The Kier molecular flexibility index (Phi) is 3.79. The van der Waals surface area contributed by atoms with Crippen LogP contribution in [0.3, 0.4) is 0 Å². The van der Waals surface area contributed by atoms with Crippen molar-refractivity contribution in [2.75, 3.05) is 31.1 Å². The Bertz CT molecular complexity index is 648. The molecule has 1 aliphatic rings. The third-order valence-corrected chi connectivity index (χ3v) is 3.94. The average molecular weight is 306 g/mol. The van der Waals surface area contributed by atoms with Crippen LogP contribution in [0.1, 0.15) is 10.5 Å². The van der Waals surface area contributed by atoms with E-state index >= 15 is 0 Å². The molecule has 0 aliphatic carbocycles. The number of carbonyl (C=O) groups excluding carboxylic acids is 1. The number of hydrogen-bond donors (Lipinski definition) is 0. The summed E-state index contributed by atoms with van der Waals surface area (Å²) in [5, 5.41) is 4.68. The van der Waals surface area contributed by atoms with Gasteiger partial charge in [-0.25, -0.2) is 4.98 Å². The van der Waals surface area contributed by atoms with E-state index in [2.05, 4.69) is 15.0 Å². The highest BCUT2D eigenvalue weighted by Gasteiger charge is 2.25. The molecule has 0 N–H and O–H groups in total. The molecule has 1 amide bonds. The number of halogens is 1. The average Bonchev–Trinajstić information content (AvgIpc) is 2.93. The molecule has 0 unspecified atom stereocenters. The highest BCUT2D eigenvalue weighted by atomic mass is 35.5. The van der Waals surface area contributed by atoms with Crippen molar-refractivity contribution in [3.8, 4) is 0 Å². The molecular formula is C14H16ClN5O.